The van der Waals surface area contributed by atoms with Crippen molar-refractivity contribution in [1.29, 1.82) is 5.26 Å². The topological polar surface area (TPSA) is 122 Å². The Bertz CT molecular complexity index is 783. The summed E-state index contributed by atoms with van der Waals surface area (Å²) in [5.41, 5.74) is 5.88. The Morgan fingerprint density at radius 1 is 1.25 bits per heavy atom. The first-order valence-corrected chi connectivity index (χ1v) is 7.10. The van der Waals surface area contributed by atoms with Gasteiger partial charge in [-0.3, -0.25) is 4.72 Å². The molecule has 20 heavy (non-hydrogen) atoms. The van der Waals surface area contributed by atoms with Crippen molar-refractivity contribution in [2.45, 2.75) is 4.90 Å². The number of sulfonamides is 1. The fraction of sp³-hybridized carbons (Fsp3) is 0. The molecule has 1 aromatic carbocycles. The van der Waals surface area contributed by atoms with Crippen molar-refractivity contribution in [2.75, 3.05) is 10.5 Å². The minimum absolute atomic E-state index is 0.0122. The largest absolute Gasteiger partial charge is 0.398 e. The van der Waals surface area contributed by atoms with E-state index in [4.69, 9.17) is 22.6 Å². The molecule has 7 nitrogen and oxygen atoms in total. The second kappa shape index (κ2) is 5.32. The van der Waals surface area contributed by atoms with Gasteiger partial charge in [0.15, 0.2) is 11.0 Å². The molecule has 0 radical (unpaired) electrons. The normalized spacial score (nSPS) is 10.8. The summed E-state index contributed by atoms with van der Waals surface area (Å²) in [4.78, 5) is -0.145. The summed E-state index contributed by atoms with van der Waals surface area (Å²) in [5.74, 6) is 0.0122. The second-order valence-electron chi connectivity index (χ2n) is 3.71. The number of nitrogens with one attached hydrogen (secondary N) is 1. The number of nitrogen functional groups attached to an aromatic ring is 1. The number of benzene rings is 1. The summed E-state index contributed by atoms with van der Waals surface area (Å²) in [7, 11) is -3.91. The van der Waals surface area contributed by atoms with Crippen molar-refractivity contribution in [3.05, 3.63) is 41.0 Å². The summed E-state index contributed by atoms with van der Waals surface area (Å²) < 4.78 is 26.5. The first kappa shape index (κ1) is 14.0. The zero-order valence-electron chi connectivity index (χ0n) is 9.91. The standard InChI is InChI=1S/C11H8ClN5O2S/c12-10-3-4-11(16-15-10)17-20(18,19)9-2-1-7(6-13)5-8(9)14/h1-5H,14H2,(H,16,17). The Hall–Kier alpha value is -2.37. The van der Waals surface area contributed by atoms with E-state index < -0.39 is 10.0 Å². The number of anilines is 2. The SMILES string of the molecule is N#Cc1ccc(S(=O)(=O)Nc2ccc(Cl)nn2)c(N)c1. The molecule has 3 N–H and O–H groups in total. The molecule has 0 aliphatic rings. The van der Waals surface area contributed by atoms with Gasteiger partial charge >= 0.3 is 0 Å². The van der Waals surface area contributed by atoms with Gasteiger partial charge in [-0.05, 0) is 30.3 Å². The lowest BCUT2D eigenvalue weighted by Gasteiger charge is -2.09. The minimum atomic E-state index is -3.91. The third-order valence-corrected chi connectivity index (χ3v) is 3.93. The Morgan fingerprint density at radius 3 is 2.55 bits per heavy atom. The van der Waals surface area contributed by atoms with Crippen LogP contribution in [0.4, 0.5) is 11.5 Å². The second-order valence-corrected chi connectivity index (χ2v) is 5.75. The number of nitrogens with zero attached hydrogens (tertiary/aromatic N) is 3. The van der Waals surface area contributed by atoms with Crippen molar-refractivity contribution in [3.8, 4) is 6.07 Å². The first-order valence-electron chi connectivity index (χ1n) is 5.24. The van der Waals surface area contributed by atoms with Crippen LogP contribution in [-0.4, -0.2) is 18.6 Å². The lowest BCUT2D eigenvalue weighted by Crippen LogP contribution is -2.16. The molecule has 102 valence electrons. The first-order chi connectivity index (χ1) is 9.42. The number of hydrogen-bond donors (Lipinski definition) is 2. The molecule has 0 fully saturated rings. The lowest BCUT2D eigenvalue weighted by atomic mass is 10.2. The minimum Gasteiger partial charge on any atom is -0.398 e. The predicted octanol–water partition coefficient (Wildman–Crippen LogP) is 1.38. The van der Waals surface area contributed by atoms with Crippen LogP contribution in [0.25, 0.3) is 0 Å². The van der Waals surface area contributed by atoms with Crippen LogP contribution in [0.3, 0.4) is 0 Å². The fourth-order valence-electron chi connectivity index (χ4n) is 1.43. The van der Waals surface area contributed by atoms with Crippen LogP contribution < -0.4 is 10.5 Å². The molecule has 0 bridgehead atoms. The van der Waals surface area contributed by atoms with Crippen LogP contribution in [0.15, 0.2) is 35.2 Å². The zero-order valence-corrected chi connectivity index (χ0v) is 11.5. The zero-order chi connectivity index (χ0) is 14.8. The molecule has 2 aromatic rings. The molecule has 2 rings (SSSR count). The average Bonchev–Trinajstić information content (AvgIpc) is 2.40. The van der Waals surface area contributed by atoms with Gasteiger partial charge in [-0.25, -0.2) is 8.42 Å². The van der Waals surface area contributed by atoms with Gasteiger partial charge in [0.1, 0.15) is 4.90 Å². The van der Waals surface area contributed by atoms with Crippen molar-refractivity contribution in [2.24, 2.45) is 0 Å². The van der Waals surface area contributed by atoms with E-state index >= 15 is 0 Å². The van der Waals surface area contributed by atoms with Crippen molar-refractivity contribution in [3.63, 3.8) is 0 Å². The van der Waals surface area contributed by atoms with E-state index in [1.807, 2.05) is 6.07 Å². The molecular weight excluding hydrogens is 302 g/mol. The molecule has 0 aliphatic carbocycles. The molecule has 1 aromatic heterocycles. The van der Waals surface area contributed by atoms with E-state index in [9.17, 15) is 8.42 Å². The van der Waals surface area contributed by atoms with E-state index in [0.717, 1.165) is 0 Å². The quantitative estimate of drug-likeness (QED) is 0.826. The predicted molar refractivity (Wildman–Crippen MR) is 73.4 cm³/mol. The van der Waals surface area contributed by atoms with Gasteiger partial charge in [0.2, 0.25) is 0 Å². The summed E-state index contributed by atoms with van der Waals surface area (Å²) >= 11 is 5.56. The van der Waals surface area contributed by atoms with Crippen molar-refractivity contribution < 1.29 is 8.42 Å². The van der Waals surface area contributed by atoms with Crippen molar-refractivity contribution in [1.82, 2.24) is 10.2 Å². The highest BCUT2D eigenvalue weighted by Crippen LogP contribution is 2.21. The number of nitrogens with two attached hydrogens (primary N) is 1. The van der Waals surface area contributed by atoms with Crippen LogP contribution in [-0.2, 0) is 10.0 Å². The molecule has 0 amide bonds. The molecule has 0 saturated carbocycles. The Kier molecular flexibility index (Phi) is 3.74. The van der Waals surface area contributed by atoms with Gasteiger partial charge in [0.25, 0.3) is 10.0 Å². The van der Waals surface area contributed by atoms with Gasteiger partial charge in [-0.1, -0.05) is 11.6 Å². The Labute approximate surface area is 120 Å². The maximum absolute atomic E-state index is 12.1. The van der Waals surface area contributed by atoms with Crippen LogP contribution >= 0.6 is 11.6 Å². The van der Waals surface area contributed by atoms with Gasteiger partial charge < -0.3 is 5.73 Å². The lowest BCUT2D eigenvalue weighted by molar-refractivity contribution is 0.601. The Morgan fingerprint density at radius 2 is 2.00 bits per heavy atom. The van der Waals surface area contributed by atoms with Gasteiger partial charge in [0.05, 0.1) is 17.3 Å². The summed E-state index contributed by atoms with van der Waals surface area (Å²) in [6, 6.07) is 8.52. The molecule has 0 spiro atoms. The summed E-state index contributed by atoms with van der Waals surface area (Å²) in [5, 5.41) is 16.0. The molecule has 0 aliphatic heterocycles. The van der Waals surface area contributed by atoms with E-state index in [1.54, 1.807) is 0 Å². The third-order valence-electron chi connectivity index (χ3n) is 2.30. The maximum Gasteiger partial charge on any atom is 0.265 e. The molecule has 0 saturated heterocycles. The fourth-order valence-corrected chi connectivity index (χ4v) is 2.64. The highest BCUT2D eigenvalue weighted by Gasteiger charge is 2.18. The molecule has 1 heterocycles. The molecule has 0 unspecified atom stereocenters. The van der Waals surface area contributed by atoms with Gasteiger partial charge in [-0.15, -0.1) is 10.2 Å². The molecule has 0 atom stereocenters. The third kappa shape index (κ3) is 2.96. The highest BCUT2D eigenvalue weighted by molar-refractivity contribution is 7.92. The maximum atomic E-state index is 12.1. The Balaban J connectivity index is 2.36. The highest BCUT2D eigenvalue weighted by atomic mass is 35.5. The summed E-state index contributed by atoms with van der Waals surface area (Å²) in [6.07, 6.45) is 0. The van der Waals surface area contributed by atoms with Crippen LogP contribution in [0.5, 0.6) is 0 Å². The van der Waals surface area contributed by atoms with Crippen LogP contribution in [0.2, 0.25) is 5.15 Å². The molecule has 9 heteroatoms. The molecular formula is C11H8ClN5O2S. The number of aromatic nitrogens is 2. The summed E-state index contributed by atoms with van der Waals surface area (Å²) in [6.45, 7) is 0. The van der Waals surface area contributed by atoms with Gasteiger partial charge in [0, 0.05) is 0 Å². The smallest absolute Gasteiger partial charge is 0.265 e. The number of nitriles is 1. The van der Waals surface area contributed by atoms with E-state index in [-0.39, 0.29) is 27.1 Å². The van der Waals surface area contributed by atoms with Crippen LogP contribution in [0.1, 0.15) is 5.56 Å². The van der Waals surface area contributed by atoms with E-state index in [0.29, 0.717) is 0 Å². The van der Waals surface area contributed by atoms with Crippen molar-refractivity contribution >= 4 is 33.1 Å². The number of rotatable bonds is 3. The monoisotopic (exact) mass is 309 g/mol. The van der Waals surface area contributed by atoms with Crippen LogP contribution in [0, 0.1) is 11.3 Å². The number of hydrogen-bond acceptors (Lipinski definition) is 6. The van der Waals surface area contributed by atoms with E-state index in [1.165, 1.54) is 30.3 Å². The van der Waals surface area contributed by atoms with E-state index in [2.05, 4.69) is 14.9 Å². The number of halogens is 1. The average molecular weight is 310 g/mol. The van der Waals surface area contributed by atoms with Gasteiger partial charge in [-0.2, -0.15) is 5.26 Å².